The molecule has 2 N–H and O–H groups in total. The number of benzene rings is 2. The number of aliphatic hydroxyl groups is 2. The number of nitrogens with zero attached hydrogens (tertiary/aromatic N) is 1. The molecule has 0 aliphatic heterocycles. The summed E-state index contributed by atoms with van der Waals surface area (Å²) >= 11 is 12.4. The van der Waals surface area contributed by atoms with Crippen LogP contribution >= 0.6 is 23.2 Å². The summed E-state index contributed by atoms with van der Waals surface area (Å²) in [5.74, 6) is -2.27. The molecular formula is C32H37Cl2NO4. The SMILES string of the molecule is CC1(C)CC(=O)[C@H](C(c2cn(Cc3ccc(Cl)c(Cl)c3)c3ccccc23)[C@@H]2C(=O)CC(C)(C)C[C@H]2O)[C@H](O)C1. The number of aromatic nitrogens is 1. The molecule has 7 heteroatoms. The number of carbonyl (C=O) groups is 2. The van der Waals surface area contributed by atoms with E-state index in [9.17, 15) is 19.8 Å². The Kier molecular flexibility index (Phi) is 7.51. The molecule has 0 bridgehead atoms. The first-order valence-corrected chi connectivity index (χ1v) is 14.5. The van der Waals surface area contributed by atoms with E-state index in [1.165, 1.54) is 0 Å². The van der Waals surface area contributed by atoms with Crippen molar-refractivity contribution in [2.45, 2.75) is 78.0 Å². The number of halogens is 2. The van der Waals surface area contributed by atoms with E-state index in [-0.39, 0.29) is 22.4 Å². The molecule has 3 aromatic rings. The van der Waals surface area contributed by atoms with Crippen LogP contribution < -0.4 is 0 Å². The largest absolute Gasteiger partial charge is 0.392 e. The van der Waals surface area contributed by atoms with Crippen molar-refractivity contribution < 1.29 is 19.8 Å². The zero-order valence-electron chi connectivity index (χ0n) is 23.0. The van der Waals surface area contributed by atoms with Crippen LogP contribution in [-0.4, -0.2) is 38.6 Å². The van der Waals surface area contributed by atoms with Crippen LogP contribution in [0.15, 0.2) is 48.7 Å². The second kappa shape index (κ2) is 10.3. The standard InChI is InChI=1S/C32H37Cl2NO4/c1-31(2)12-24(36)29(25(37)13-31)28(30-26(38)14-32(3,4)15-27(30)39)20-17-35(23-8-6-5-7-19(20)23)16-18-9-10-21(33)22(34)11-18/h5-11,17,24,26,28-30,36,38H,12-16H2,1-4H3/t24-,26-,28?,29-,30+/m1/s1. The first kappa shape index (κ1) is 28.4. The Morgan fingerprint density at radius 1 is 0.872 bits per heavy atom. The third-order valence-corrected chi connectivity index (χ3v) is 9.43. The number of aliphatic hydroxyl groups excluding tert-OH is 2. The minimum atomic E-state index is -0.904. The van der Waals surface area contributed by atoms with Crippen LogP contribution in [-0.2, 0) is 16.1 Å². The molecule has 2 fully saturated rings. The number of Topliss-reactive ketones (excluding diaryl/α,β-unsaturated/α-hetero) is 2. The molecule has 1 heterocycles. The zero-order valence-corrected chi connectivity index (χ0v) is 24.5. The Morgan fingerprint density at radius 3 is 1.97 bits per heavy atom. The fourth-order valence-corrected chi connectivity index (χ4v) is 7.46. The van der Waals surface area contributed by atoms with E-state index in [0.29, 0.717) is 42.3 Å². The van der Waals surface area contributed by atoms with Gasteiger partial charge >= 0.3 is 0 Å². The summed E-state index contributed by atoms with van der Waals surface area (Å²) in [5.41, 5.74) is 2.08. The van der Waals surface area contributed by atoms with Gasteiger partial charge in [-0.15, -0.1) is 0 Å². The van der Waals surface area contributed by atoms with Gasteiger partial charge in [0.1, 0.15) is 11.6 Å². The van der Waals surface area contributed by atoms with E-state index in [1.54, 1.807) is 6.07 Å². The molecule has 0 radical (unpaired) electrons. The highest BCUT2D eigenvalue weighted by atomic mass is 35.5. The molecule has 208 valence electrons. The van der Waals surface area contributed by atoms with Crippen molar-refractivity contribution in [1.82, 2.24) is 4.57 Å². The molecule has 2 aromatic carbocycles. The molecule has 5 nitrogen and oxygen atoms in total. The Morgan fingerprint density at radius 2 is 1.44 bits per heavy atom. The molecular weight excluding hydrogens is 533 g/mol. The number of fused-ring (bicyclic) bond motifs is 1. The number of carbonyl (C=O) groups excluding carboxylic acids is 2. The van der Waals surface area contributed by atoms with E-state index in [2.05, 4.69) is 4.57 Å². The highest BCUT2D eigenvalue weighted by molar-refractivity contribution is 6.42. The van der Waals surface area contributed by atoms with Crippen LogP contribution in [0.1, 0.15) is 70.4 Å². The summed E-state index contributed by atoms with van der Waals surface area (Å²) in [6.07, 6.45) is 1.77. The van der Waals surface area contributed by atoms with Crippen molar-refractivity contribution in [1.29, 1.82) is 0 Å². The fourth-order valence-electron chi connectivity index (χ4n) is 7.13. The summed E-state index contributed by atoms with van der Waals surface area (Å²) in [5, 5.41) is 24.7. The maximum atomic E-state index is 13.7. The third kappa shape index (κ3) is 5.56. The van der Waals surface area contributed by atoms with Crippen LogP contribution in [0.3, 0.4) is 0 Å². The molecule has 0 saturated heterocycles. The summed E-state index contributed by atoms with van der Waals surface area (Å²) in [4.78, 5) is 27.5. The summed E-state index contributed by atoms with van der Waals surface area (Å²) in [6.45, 7) is 8.47. The lowest BCUT2D eigenvalue weighted by Crippen LogP contribution is -2.51. The van der Waals surface area contributed by atoms with Gasteiger partial charge in [-0.25, -0.2) is 0 Å². The van der Waals surface area contributed by atoms with E-state index >= 15 is 0 Å². The van der Waals surface area contributed by atoms with E-state index < -0.39 is 30.0 Å². The molecule has 0 spiro atoms. The quantitative estimate of drug-likeness (QED) is 0.353. The molecule has 39 heavy (non-hydrogen) atoms. The Hall–Kier alpha value is -2.18. The lowest BCUT2D eigenvalue weighted by atomic mass is 9.58. The monoisotopic (exact) mass is 569 g/mol. The summed E-state index contributed by atoms with van der Waals surface area (Å²) in [6, 6.07) is 13.4. The molecule has 2 saturated carbocycles. The fraction of sp³-hybridized carbons (Fsp3) is 0.500. The van der Waals surface area contributed by atoms with E-state index in [4.69, 9.17) is 23.2 Å². The van der Waals surface area contributed by atoms with Gasteiger partial charge in [-0.05, 0) is 53.0 Å². The van der Waals surface area contributed by atoms with Crippen molar-refractivity contribution >= 4 is 45.7 Å². The first-order valence-electron chi connectivity index (χ1n) is 13.7. The normalized spacial score (nSPS) is 27.6. The van der Waals surface area contributed by atoms with Crippen LogP contribution in [0.25, 0.3) is 10.9 Å². The van der Waals surface area contributed by atoms with Gasteiger partial charge in [0.2, 0.25) is 0 Å². The Labute approximate surface area is 240 Å². The zero-order chi connectivity index (χ0) is 28.3. The number of ketones is 2. The van der Waals surface area contributed by atoms with Crippen LogP contribution in [0, 0.1) is 22.7 Å². The van der Waals surface area contributed by atoms with E-state index in [0.717, 1.165) is 22.0 Å². The lowest BCUT2D eigenvalue weighted by Gasteiger charge is -2.46. The van der Waals surface area contributed by atoms with Crippen molar-refractivity contribution in [2.75, 3.05) is 0 Å². The van der Waals surface area contributed by atoms with Gasteiger partial charge in [0.25, 0.3) is 0 Å². The van der Waals surface area contributed by atoms with Gasteiger partial charge < -0.3 is 14.8 Å². The minimum Gasteiger partial charge on any atom is -0.392 e. The first-order chi connectivity index (χ1) is 18.3. The highest BCUT2D eigenvalue weighted by Crippen LogP contribution is 2.51. The van der Waals surface area contributed by atoms with Crippen LogP contribution in [0.5, 0.6) is 0 Å². The maximum Gasteiger partial charge on any atom is 0.139 e. The number of para-hydroxylation sites is 1. The van der Waals surface area contributed by atoms with E-state index in [1.807, 2.05) is 70.3 Å². The maximum absolute atomic E-state index is 13.7. The number of hydrogen-bond donors (Lipinski definition) is 2. The smallest absolute Gasteiger partial charge is 0.139 e. The van der Waals surface area contributed by atoms with Crippen LogP contribution in [0.2, 0.25) is 10.0 Å². The van der Waals surface area contributed by atoms with Gasteiger partial charge in [-0.2, -0.15) is 0 Å². The van der Waals surface area contributed by atoms with Gasteiger partial charge in [0.15, 0.2) is 0 Å². The van der Waals surface area contributed by atoms with Crippen molar-refractivity contribution in [3.63, 3.8) is 0 Å². The molecule has 1 aromatic heterocycles. The Balaban J connectivity index is 1.66. The van der Waals surface area contributed by atoms with Crippen molar-refractivity contribution in [2.24, 2.45) is 22.7 Å². The molecule has 5 rings (SSSR count). The van der Waals surface area contributed by atoms with Crippen molar-refractivity contribution in [3.8, 4) is 0 Å². The van der Waals surface area contributed by atoms with Gasteiger partial charge in [0, 0.05) is 42.4 Å². The molecule has 2 aliphatic rings. The lowest BCUT2D eigenvalue weighted by molar-refractivity contribution is -0.144. The molecule has 1 unspecified atom stereocenters. The molecule has 5 atom stereocenters. The van der Waals surface area contributed by atoms with Gasteiger partial charge in [-0.3, -0.25) is 9.59 Å². The van der Waals surface area contributed by atoms with Crippen LogP contribution in [0.4, 0.5) is 0 Å². The topological polar surface area (TPSA) is 79.5 Å². The predicted molar refractivity (Wildman–Crippen MR) is 155 cm³/mol. The number of rotatable bonds is 5. The summed E-state index contributed by atoms with van der Waals surface area (Å²) < 4.78 is 2.09. The van der Waals surface area contributed by atoms with Gasteiger partial charge in [-0.1, -0.05) is 75.2 Å². The number of hydrogen-bond acceptors (Lipinski definition) is 4. The second-order valence-corrected chi connectivity index (χ2v) is 14.0. The molecule has 2 aliphatic carbocycles. The molecule has 0 amide bonds. The predicted octanol–water partition coefficient (Wildman–Crippen LogP) is 6.81. The second-order valence-electron chi connectivity index (χ2n) is 13.2. The van der Waals surface area contributed by atoms with Gasteiger partial charge in [0.05, 0.1) is 34.1 Å². The average Bonchev–Trinajstić information content (AvgIpc) is 3.16. The highest BCUT2D eigenvalue weighted by Gasteiger charge is 2.52. The summed E-state index contributed by atoms with van der Waals surface area (Å²) in [7, 11) is 0. The average molecular weight is 571 g/mol. The Bertz CT molecular complexity index is 1380. The third-order valence-electron chi connectivity index (χ3n) is 8.69. The minimum absolute atomic E-state index is 0.0464. The van der Waals surface area contributed by atoms with Crippen molar-refractivity contribution in [3.05, 3.63) is 69.8 Å².